The molecule has 0 saturated heterocycles. The third-order valence-corrected chi connectivity index (χ3v) is 4.11. The number of nitrogens with zero attached hydrogens (tertiary/aromatic N) is 2. The SMILES string of the molecule is O=C(NCc1noc(Cc2ccccc2)n1)C1CCCCC1. The van der Waals surface area contributed by atoms with E-state index in [2.05, 4.69) is 15.5 Å². The van der Waals surface area contributed by atoms with Crippen molar-refractivity contribution < 1.29 is 9.32 Å². The van der Waals surface area contributed by atoms with E-state index in [1.165, 1.54) is 6.42 Å². The highest BCUT2D eigenvalue weighted by Crippen LogP contribution is 2.23. The third kappa shape index (κ3) is 3.93. The maximum absolute atomic E-state index is 12.1. The Labute approximate surface area is 130 Å². The van der Waals surface area contributed by atoms with Crippen molar-refractivity contribution in [3.8, 4) is 0 Å². The van der Waals surface area contributed by atoms with Gasteiger partial charge in [0.25, 0.3) is 0 Å². The zero-order valence-corrected chi connectivity index (χ0v) is 12.6. The van der Waals surface area contributed by atoms with E-state index < -0.39 is 0 Å². The largest absolute Gasteiger partial charge is 0.348 e. The summed E-state index contributed by atoms with van der Waals surface area (Å²) in [6, 6.07) is 9.99. The lowest BCUT2D eigenvalue weighted by atomic mass is 9.89. The van der Waals surface area contributed by atoms with Crippen molar-refractivity contribution in [3.05, 3.63) is 47.6 Å². The standard InChI is InChI=1S/C17H21N3O2/c21-17(14-9-5-2-6-10-14)18-12-15-19-16(22-20-15)11-13-7-3-1-4-8-13/h1,3-4,7-8,14H,2,5-6,9-12H2,(H,18,21). The first-order chi connectivity index (χ1) is 10.8. The summed E-state index contributed by atoms with van der Waals surface area (Å²) in [5.74, 6) is 1.39. The van der Waals surface area contributed by atoms with Crippen molar-refractivity contribution >= 4 is 5.91 Å². The van der Waals surface area contributed by atoms with Crippen LogP contribution in [0.15, 0.2) is 34.9 Å². The summed E-state index contributed by atoms with van der Waals surface area (Å²) in [4.78, 5) is 16.4. The summed E-state index contributed by atoms with van der Waals surface area (Å²) >= 11 is 0. The van der Waals surface area contributed by atoms with Gasteiger partial charge in [0.15, 0.2) is 5.82 Å². The van der Waals surface area contributed by atoms with Crippen LogP contribution in [-0.4, -0.2) is 16.0 Å². The minimum atomic E-state index is 0.120. The average molecular weight is 299 g/mol. The van der Waals surface area contributed by atoms with Crippen molar-refractivity contribution in [2.75, 3.05) is 0 Å². The van der Waals surface area contributed by atoms with E-state index in [0.717, 1.165) is 31.2 Å². The minimum absolute atomic E-state index is 0.120. The van der Waals surface area contributed by atoms with E-state index in [9.17, 15) is 4.79 Å². The molecule has 5 nitrogen and oxygen atoms in total. The molecule has 1 heterocycles. The van der Waals surface area contributed by atoms with E-state index in [0.29, 0.717) is 24.7 Å². The molecule has 1 aromatic heterocycles. The third-order valence-electron chi connectivity index (χ3n) is 4.11. The van der Waals surface area contributed by atoms with Gasteiger partial charge in [-0.15, -0.1) is 0 Å². The van der Waals surface area contributed by atoms with Gasteiger partial charge < -0.3 is 9.84 Å². The molecule has 5 heteroatoms. The molecule has 2 aromatic rings. The van der Waals surface area contributed by atoms with Crippen molar-refractivity contribution in [2.45, 2.75) is 45.1 Å². The Kier molecular flexibility index (Phi) is 4.83. The minimum Gasteiger partial charge on any atom is -0.348 e. The Morgan fingerprint density at radius 1 is 1.18 bits per heavy atom. The fraction of sp³-hybridized carbons (Fsp3) is 0.471. The lowest BCUT2D eigenvalue weighted by molar-refractivity contribution is -0.126. The predicted octanol–water partition coefficient (Wildman–Crippen LogP) is 2.86. The second kappa shape index (κ2) is 7.20. The number of hydrogen-bond donors (Lipinski definition) is 1. The number of hydrogen-bond acceptors (Lipinski definition) is 4. The fourth-order valence-corrected chi connectivity index (χ4v) is 2.88. The molecule has 0 unspecified atom stereocenters. The molecule has 1 aliphatic carbocycles. The van der Waals surface area contributed by atoms with Crippen molar-refractivity contribution in [1.82, 2.24) is 15.5 Å². The lowest BCUT2D eigenvalue weighted by Crippen LogP contribution is -2.31. The normalized spacial score (nSPS) is 15.6. The number of benzene rings is 1. The van der Waals surface area contributed by atoms with Crippen LogP contribution in [0, 0.1) is 5.92 Å². The highest BCUT2D eigenvalue weighted by molar-refractivity contribution is 5.78. The number of carbonyl (C=O) groups excluding carboxylic acids is 1. The smallest absolute Gasteiger partial charge is 0.231 e. The van der Waals surface area contributed by atoms with E-state index in [1.807, 2.05) is 30.3 Å². The van der Waals surface area contributed by atoms with Gasteiger partial charge in [0.1, 0.15) is 0 Å². The van der Waals surface area contributed by atoms with Gasteiger partial charge in [-0.3, -0.25) is 4.79 Å². The van der Waals surface area contributed by atoms with Gasteiger partial charge in [0, 0.05) is 5.92 Å². The second-order valence-corrected chi connectivity index (χ2v) is 5.82. The Morgan fingerprint density at radius 3 is 2.73 bits per heavy atom. The van der Waals surface area contributed by atoms with Gasteiger partial charge in [-0.05, 0) is 18.4 Å². The highest BCUT2D eigenvalue weighted by atomic mass is 16.5. The van der Waals surface area contributed by atoms with Crippen molar-refractivity contribution in [1.29, 1.82) is 0 Å². The second-order valence-electron chi connectivity index (χ2n) is 5.82. The quantitative estimate of drug-likeness (QED) is 0.921. The van der Waals surface area contributed by atoms with Gasteiger partial charge >= 0.3 is 0 Å². The molecule has 1 amide bonds. The molecular formula is C17H21N3O2. The first kappa shape index (κ1) is 14.8. The van der Waals surface area contributed by atoms with Gasteiger partial charge in [0.2, 0.25) is 11.8 Å². The van der Waals surface area contributed by atoms with Crippen LogP contribution in [0.5, 0.6) is 0 Å². The Bertz CT molecular complexity index is 603. The molecule has 1 saturated carbocycles. The maximum Gasteiger partial charge on any atom is 0.231 e. The molecule has 0 bridgehead atoms. The monoisotopic (exact) mass is 299 g/mol. The van der Waals surface area contributed by atoms with Crippen LogP contribution in [0.1, 0.15) is 49.4 Å². The fourth-order valence-electron chi connectivity index (χ4n) is 2.88. The van der Waals surface area contributed by atoms with E-state index in [1.54, 1.807) is 0 Å². The zero-order valence-electron chi connectivity index (χ0n) is 12.6. The van der Waals surface area contributed by atoms with Crippen LogP contribution in [0.3, 0.4) is 0 Å². The van der Waals surface area contributed by atoms with Crippen LogP contribution in [0.4, 0.5) is 0 Å². The molecule has 1 aromatic carbocycles. The van der Waals surface area contributed by atoms with Crippen LogP contribution in [0.2, 0.25) is 0 Å². The Balaban J connectivity index is 1.50. The number of carbonyl (C=O) groups is 1. The number of rotatable bonds is 5. The number of amides is 1. The van der Waals surface area contributed by atoms with Gasteiger partial charge in [-0.25, -0.2) is 0 Å². The van der Waals surface area contributed by atoms with Crippen LogP contribution in [0.25, 0.3) is 0 Å². The molecule has 0 spiro atoms. The summed E-state index contributed by atoms with van der Waals surface area (Å²) < 4.78 is 5.23. The molecule has 1 aliphatic rings. The highest BCUT2D eigenvalue weighted by Gasteiger charge is 2.21. The molecule has 22 heavy (non-hydrogen) atoms. The molecule has 0 aliphatic heterocycles. The summed E-state index contributed by atoms with van der Waals surface area (Å²) in [5, 5.41) is 6.85. The van der Waals surface area contributed by atoms with E-state index >= 15 is 0 Å². The summed E-state index contributed by atoms with van der Waals surface area (Å²) in [5.41, 5.74) is 1.13. The van der Waals surface area contributed by atoms with Gasteiger partial charge in [0.05, 0.1) is 13.0 Å². The predicted molar refractivity (Wildman–Crippen MR) is 82.0 cm³/mol. The first-order valence-corrected chi connectivity index (χ1v) is 7.94. The van der Waals surface area contributed by atoms with Crippen molar-refractivity contribution in [3.63, 3.8) is 0 Å². The van der Waals surface area contributed by atoms with Gasteiger partial charge in [-0.1, -0.05) is 54.8 Å². The van der Waals surface area contributed by atoms with Crippen LogP contribution < -0.4 is 5.32 Å². The average Bonchev–Trinajstić information content (AvgIpc) is 3.02. The lowest BCUT2D eigenvalue weighted by Gasteiger charge is -2.20. The molecule has 0 atom stereocenters. The van der Waals surface area contributed by atoms with E-state index in [-0.39, 0.29) is 11.8 Å². The van der Waals surface area contributed by atoms with Crippen LogP contribution >= 0.6 is 0 Å². The summed E-state index contributed by atoms with van der Waals surface area (Å²) in [7, 11) is 0. The summed E-state index contributed by atoms with van der Waals surface area (Å²) in [6.45, 7) is 0.341. The summed E-state index contributed by atoms with van der Waals surface area (Å²) in [6.07, 6.45) is 6.17. The Morgan fingerprint density at radius 2 is 1.95 bits per heavy atom. The molecule has 0 radical (unpaired) electrons. The van der Waals surface area contributed by atoms with E-state index in [4.69, 9.17) is 4.52 Å². The molecular weight excluding hydrogens is 278 g/mol. The molecule has 1 N–H and O–H groups in total. The number of aromatic nitrogens is 2. The topological polar surface area (TPSA) is 68.0 Å². The first-order valence-electron chi connectivity index (χ1n) is 7.94. The molecule has 3 rings (SSSR count). The molecule has 1 fully saturated rings. The number of nitrogens with one attached hydrogen (secondary N) is 1. The zero-order chi connectivity index (χ0) is 15.2. The Hall–Kier alpha value is -2.17. The maximum atomic E-state index is 12.1. The molecule has 116 valence electrons. The van der Waals surface area contributed by atoms with Crippen molar-refractivity contribution in [2.24, 2.45) is 5.92 Å². The van der Waals surface area contributed by atoms with Crippen LogP contribution in [-0.2, 0) is 17.8 Å². The van der Waals surface area contributed by atoms with Gasteiger partial charge in [-0.2, -0.15) is 4.98 Å².